The van der Waals surface area contributed by atoms with E-state index < -0.39 is 5.92 Å². The van der Waals surface area contributed by atoms with Gasteiger partial charge in [-0.1, -0.05) is 41.9 Å². The fraction of sp³-hybridized carbons (Fsp3) is 0.150. The molecule has 126 valence electrons. The number of nitrogens with one attached hydrogen (secondary N) is 1. The van der Waals surface area contributed by atoms with E-state index >= 15 is 0 Å². The highest BCUT2D eigenvalue weighted by molar-refractivity contribution is 6.29. The molecule has 0 spiro atoms. The van der Waals surface area contributed by atoms with Crippen LogP contribution in [-0.2, 0) is 4.79 Å². The Labute approximate surface area is 151 Å². The van der Waals surface area contributed by atoms with Crippen molar-refractivity contribution in [3.63, 3.8) is 0 Å². The Morgan fingerprint density at radius 3 is 2.48 bits per heavy atom. The molecule has 2 aromatic heterocycles. The van der Waals surface area contributed by atoms with Crippen molar-refractivity contribution >= 4 is 28.9 Å². The number of anilines is 2. The molecule has 0 amide bonds. The number of hydrogen-bond donors (Lipinski definition) is 1. The van der Waals surface area contributed by atoms with Crippen molar-refractivity contribution in [2.45, 2.75) is 19.8 Å². The van der Waals surface area contributed by atoms with Gasteiger partial charge in [0, 0.05) is 23.1 Å². The molecule has 0 saturated heterocycles. The number of aromatic nitrogens is 2. The molecule has 5 heteroatoms. The SMILES string of the molecule is CC(=O)C(c1ccc(Cl)nc1)c1ccc(C)nc1Nc1ccccc1. The molecule has 0 aliphatic carbocycles. The number of ketones is 1. The molecule has 0 aliphatic rings. The van der Waals surface area contributed by atoms with Crippen molar-refractivity contribution in [2.24, 2.45) is 0 Å². The predicted octanol–water partition coefficient (Wildman–Crippen LogP) is 4.90. The van der Waals surface area contributed by atoms with Gasteiger partial charge in [-0.3, -0.25) is 4.79 Å². The van der Waals surface area contributed by atoms with Crippen LogP contribution in [0.15, 0.2) is 60.8 Å². The quantitative estimate of drug-likeness (QED) is 0.664. The maximum Gasteiger partial charge on any atom is 0.141 e. The molecular formula is C20H18ClN3O. The van der Waals surface area contributed by atoms with Crippen molar-refractivity contribution in [3.05, 3.63) is 82.8 Å². The Morgan fingerprint density at radius 1 is 1.08 bits per heavy atom. The Morgan fingerprint density at radius 2 is 1.84 bits per heavy atom. The number of halogens is 1. The van der Waals surface area contributed by atoms with E-state index in [9.17, 15) is 4.79 Å². The summed E-state index contributed by atoms with van der Waals surface area (Å²) in [6, 6.07) is 17.1. The van der Waals surface area contributed by atoms with Gasteiger partial charge in [0.15, 0.2) is 0 Å². The van der Waals surface area contributed by atoms with Crippen molar-refractivity contribution in [1.82, 2.24) is 9.97 Å². The number of carbonyl (C=O) groups excluding carboxylic acids is 1. The summed E-state index contributed by atoms with van der Waals surface area (Å²) in [5.41, 5.74) is 3.39. The van der Waals surface area contributed by atoms with Crippen LogP contribution < -0.4 is 5.32 Å². The lowest BCUT2D eigenvalue weighted by Gasteiger charge is -2.19. The average Bonchev–Trinajstić information content (AvgIpc) is 2.59. The van der Waals surface area contributed by atoms with E-state index in [-0.39, 0.29) is 5.78 Å². The minimum absolute atomic E-state index is 0.0193. The van der Waals surface area contributed by atoms with Crippen LogP contribution in [0.4, 0.5) is 11.5 Å². The van der Waals surface area contributed by atoms with Gasteiger partial charge in [0.25, 0.3) is 0 Å². The summed E-state index contributed by atoms with van der Waals surface area (Å²) in [4.78, 5) is 21.1. The zero-order valence-corrected chi connectivity index (χ0v) is 14.8. The van der Waals surface area contributed by atoms with Crippen molar-refractivity contribution < 1.29 is 4.79 Å². The minimum atomic E-state index is -0.455. The van der Waals surface area contributed by atoms with E-state index in [2.05, 4.69) is 15.3 Å². The van der Waals surface area contributed by atoms with Crippen molar-refractivity contribution in [3.8, 4) is 0 Å². The maximum atomic E-state index is 12.4. The monoisotopic (exact) mass is 351 g/mol. The Balaban J connectivity index is 2.07. The van der Waals surface area contributed by atoms with E-state index in [4.69, 9.17) is 11.6 Å². The molecule has 3 aromatic rings. The molecule has 0 aliphatic heterocycles. The molecule has 1 atom stereocenters. The highest BCUT2D eigenvalue weighted by atomic mass is 35.5. The average molecular weight is 352 g/mol. The zero-order chi connectivity index (χ0) is 17.8. The molecule has 0 radical (unpaired) electrons. The van der Waals surface area contributed by atoms with Crippen molar-refractivity contribution in [1.29, 1.82) is 0 Å². The summed E-state index contributed by atoms with van der Waals surface area (Å²) in [6.45, 7) is 3.50. The number of Topliss-reactive ketones (excluding diaryl/α,β-unsaturated/α-hetero) is 1. The molecule has 0 bridgehead atoms. The fourth-order valence-corrected chi connectivity index (χ4v) is 2.86. The number of pyridine rings is 2. The standard InChI is InChI=1S/C20H18ClN3O/c1-13-8-10-17(20(23-13)24-16-6-4-3-5-7-16)19(14(2)25)15-9-11-18(21)22-12-15/h3-12,19H,1-2H3,(H,23,24). The summed E-state index contributed by atoms with van der Waals surface area (Å²) in [5, 5.41) is 3.72. The van der Waals surface area contributed by atoms with Gasteiger partial charge in [-0.15, -0.1) is 0 Å². The highest BCUT2D eigenvalue weighted by Crippen LogP contribution is 2.32. The normalized spacial score (nSPS) is 11.8. The van der Waals surface area contributed by atoms with Gasteiger partial charge in [-0.2, -0.15) is 0 Å². The second-order valence-electron chi connectivity index (χ2n) is 5.84. The molecular weight excluding hydrogens is 334 g/mol. The Bertz CT molecular complexity index is 879. The molecule has 1 aromatic carbocycles. The first-order chi connectivity index (χ1) is 12.0. The molecule has 0 saturated carbocycles. The highest BCUT2D eigenvalue weighted by Gasteiger charge is 2.23. The number of para-hydroxylation sites is 1. The number of rotatable bonds is 5. The zero-order valence-electron chi connectivity index (χ0n) is 14.0. The van der Waals surface area contributed by atoms with Crippen LogP contribution >= 0.6 is 11.6 Å². The second-order valence-corrected chi connectivity index (χ2v) is 6.23. The predicted molar refractivity (Wildman–Crippen MR) is 100 cm³/mol. The summed E-state index contributed by atoms with van der Waals surface area (Å²) >= 11 is 5.88. The van der Waals surface area contributed by atoms with Crippen LogP contribution in [0.2, 0.25) is 5.15 Å². The molecule has 25 heavy (non-hydrogen) atoms. The number of aryl methyl sites for hydroxylation is 1. The third kappa shape index (κ3) is 4.03. The molecule has 1 N–H and O–H groups in total. The molecule has 4 nitrogen and oxygen atoms in total. The maximum absolute atomic E-state index is 12.4. The van der Waals surface area contributed by atoms with Gasteiger partial charge in [0.2, 0.25) is 0 Å². The smallest absolute Gasteiger partial charge is 0.141 e. The number of benzene rings is 1. The fourth-order valence-electron chi connectivity index (χ4n) is 2.75. The summed E-state index contributed by atoms with van der Waals surface area (Å²) in [5.74, 6) is 0.233. The number of hydrogen-bond acceptors (Lipinski definition) is 4. The lowest BCUT2D eigenvalue weighted by atomic mass is 9.89. The van der Waals surface area contributed by atoms with Gasteiger partial charge in [0.05, 0.1) is 5.92 Å². The number of nitrogens with zero attached hydrogens (tertiary/aromatic N) is 2. The van der Waals surface area contributed by atoms with E-state index in [1.54, 1.807) is 19.2 Å². The summed E-state index contributed by atoms with van der Waals surface area (Å²) < 4.78 is 0. The third-order valence-corrected chi connectivity index (χ3v) is 4.13. The first kappa shape index (κ1) is 17.1. The van der Waals surface area contributed by atoms with Gasteiger partial charge in [0.1, 0.15) is 16.8 Å². The molecule has 2 heterocycles. The minimum Gasteiger partial charge on any atom is -0.340 e. The van der Waals surface area contributed by atoms with E-state index in [1.807, 2.05) is 55.5 Å². The first-order valence-electron chi connectivity index (χ1n) is 7.96. The van der Waals surface area contributed by atoms with Gasteiger partial charge >= 0.3 is 0 Å². The largest absolute Gasteiger partial charge is 0.340 e. The molecule has 1 unspecified atom stereocenters. The topological polar surface area (TPSA) is 54.9 Å². The summed E-state index contributed by atoms with van der Waals surface area (Å²) in [7, 11) is 0. The van der Waals surface area contributed by atoms with E-state index in [1.165, 1.54) is 0 Å². The second kappa shape index (κ2) is 7.45. The van der Waals surface area contributed by atoms with Crippen LogP contribution in [0.1, 0.15) is 29.7 Å². The van der Waals surface area contributed by atoms with Crippen LogP contribution in [0, 0.1) is 6.92 Å². The molecule has 0 fully saturated rings. The Kier molecular flexibility index (Phi) is 5.10. The summed E-state index contributed by atoms with van der Waals surface area (Å²) in [6.07, 6.45) is 1.64. The van der Waals surface area contributed by atoms with E-state index in [0.717, 1.165) is 22.5 Å². The molecule has 3 rings (SSSR count). The Hall–Kier alpha value is -2.72. The van der Waals surface area contributed by atoms with Gasteiger partial charge < -0.3 is 5.32 Å². The first-order valence-corrected chi connectivity index (χ1v) is 8.34. The lowest BCUT2D eigenvalue weighted by molar-refractivity contribution is -0.117. The van der Waals surface area contributed by atoms with E-state index in [0.29, 0.717) is 11.0 Å². The van der Waals surface area contributed by atoms with Crippen LogP contribution in [0.3, 0.4) is 0 Å². The van der Waals surface area contributed by atoms with Gasteiger partial charge in [-0.25, -0.2) is 9.97 Å². The van der Waals surface area contributed by atoms with Gasteiger partial charge in [-0.05, 0) is 43.7 Å². The third-order valence-electron chi connectivity index (χ3n) is 3.90. The van der Waals surface area contributed by atoms with Crippen LogP contribution in [0.25, 0.3) is 0 Å². The van der Waals surface area contributed by atoms with Crippen LogP contribution in [0.5, 0.6) is 0 Å². The number of carbonyl (C=O) groups is 1. The lowest BCUT2D eigenvalue weighted by Crippen LogP contribution is -2.14. The van der Waals surface area contributed by atoms with Crippen molar-refractivity contribution in [2.75, 3.05) is 5.32 Å². The van der Waals surface area contributed by atoms with Crippen LogP contribution in [-0.4, -0.2) is 15.8 Å².